The Morgan fingerprint density at radius 1 is 1.46 bits per heavy atom. The molecule has 0 amide bonds. The van der Waals surface area contributed by atoms with Gasteiger partial charge in [-0.25, -0.2) is 0 Å². The van der Waals surface area contributed by atoms with Crippen LogP contribution in [-0.4, -0.2) is 7.11 Å². The third-order valence-electron chi connectivity index (χ3n) is 1.77. The van der Waals surface area contributed by atoms with E-state index in [0.717, 1.165) is 9.54 Å². The maximum absolute atomic E-state index is 5.19. The molecule has 4 heteroatoms. The first-order chi connectivity index (χ1) is 6.22. The zero-order valence-corrected chi connectivity index (χ0v) is 11.4. The zero-order chi connectivity index (χ0) is 9.42. The minimum atomic E-state index is 0.956. The normalized spacial score (nSPS) is 10.7. The van der Waals surface area contributed by atoms with Gasteiger partial charge in [-0.1, -0.05) is 11.3 Å². The van der Waals surface area contributed by atoms with Gasteiger partial charge in [0.1, 0.15) is 0 Å². The molecule has 1 nitrogen and oxygen atoms in total. The highest BCUT2D eigenvalue weighted by Crippen LogP contribution is 2.37. The molecule has 0 N–H and O–H groups in total. The minimum Gasteiger partial charge on any atom is -0.487 e. The topological polar surface area (TPSA) is 9.23 Å². The number of methoxy groups -OCH3 is 1. The lowest BCUT2D eigenvalue weighted by atomic mass is 10.3. The van der Waals surface area contributed by atoms with E-state index >= 15 is 0 Å². The minimum absolute atomic E-state index is 0.956. The van der Waals surface area contributed by atoms with Crippen molar-refractivity contribution >= 4 is 59.9 Å². The summed E-state index contributed by atoms with van der Waals surface area (Å²) < 4.78 is 8.83. The molecule has 0 aliphatic rings. The van der Waals surface area contributed by atoms with Crippen LogP contribution < -0.4 is 4.74 Å². The molecule has 0 aliphatic carbocycles. The van der Waals surface area contributed by atoms with E-state index in [1.807, 2.05) is 0 Å². The molecule has 2 rings (SSSR count). The fraction of sp³-hybridized carbons (Fsp3) is 0.111. The van der Waals surface area contributed by atoms with E-state index in [-0.39, 0.29) is 0 Å². The van der Waals surface area contributed by atoms with E-state index in [4.69, 9.17) is 4.74 Å². The summed E-state index contributed by atoms with van der Waals surface area (Å²) in [7, 11) is 1.70. The number of hydrogen-bond donors (Lipinski definition) is 0. The van der Waals surface area contributed by atoms with Crippen LogP contribution in [0.25, 0.3) is 10.1 Å². The summed E-state index contributed by atoms with van der Waals surface area (Å²) in [5.74, 6) is 0. The highest BCUT2D eigenvalue weighted by atomic mass is 127. The fourth-order valence-electron chi connectivity index (χ4n) is 1.13. The van der Waals surface area contributed by atoms with Crippen molar-refractivity contribution < 1.29 is 4.74 Å². The van der Waals surface area contributed by atoms with Crippen molar-refractivity contribution in [1.82, 2.24) is 0 Å². The van der Waals surface area contributed by atoms with Crippen LogP contribution in [0.3, 0.4) is 0 Å². The van der Waals surface area contributed by atoms with Crippen molar-refractivity contribution in [3.63, 3.8) is 0 Å². The van der Waals surface area contributed by atoms with Gasteiger partial charge in [0.25, 0.3) is 0 Å². The van der Waals surface area contributed by atoms with Crippen molar-refractivity contribution in [3.8, 4) is 5.06 Å². The molecule has 2 aromatic rings. The molecular formula is C9H6BrIOS. The van der Waals surface area contributed by atoms with Gasteiger partial charge in [0.05, 0.1) is 7.11 Å². The SMILES string of the molecule is COc1cc2c(Br)c(I)ccc2s1. The summed E-state index contributed by atoms with van der Waals surface area (Å²) in [4.78, 5) is 0. The van der Waals surface area contributed by atoms with Crippen LogP contribution in [-0.2, 0) is 0 Å². The Morgan fingerprint density at radius 3 is 2.92 bits per heavy atom. The molecule has 0 fully saturated rings. The summed E-state index contributed by atoms with van der Waals surface area (Å²) in [6.07, 6.45) is 0. The largest absolute Gasteiger partial charge is 0.487 e. The second-order valence-corrected chi connectivity index (χ2v) is 5.54. The van der Waals surface area contributed by atoms with Gasteiger partial charge in [-0.2, -0.15) is 0 Å². The number of rotatable bonds is 1. The van der Waals surface area contributed by atoms with Gasteiger partial charge >= 0.3 is 0 Å². The maximum Gasteiger partial charge on any atom is 0.174 e. The predicted molar refractivity (Wildman–Crippen MR) is 68.8 cm³/mol. The molecular weight excluding hydrogens is 363 g/mol. The van der Waals surface area contributed by atoms with Gasteiger partial charge in [-0.15, -0.1) is 0 Å². The first-order valence-corrected chi connectivity index (χ1v) is 6.32. The molecule has 0 unspecified atom stereocenters. The van der Waals surface area contributed by atoms with Crippen molar-refractivity contribution in [2.75, 3.05) is 7.11 Å². The molecule has 1 aromatic carbocycles. The summed E-state index contributed by atoms with van der Waals surface area (Å²) in [6, 6.07) is 6.28. The van der Waals surface area contributed by atoms with Gasteiger partial charge in [-0.05, 0) is 50.7 Å². The highest BCUT2D eigenvalue weighted by molar-refractivity contribution is 14.1. The predicted octanol–water partition coefficient (Wildman–Crippen LogP) is 4.28. The molecule has 0 saturated heterocycles. The van der Waals surface area contributed by atoms with Gasteiger partial charge in [0.2, 0.25) is 0 Å². The van der Waals surface area contributed by atoms with Gasteiger partial charge in [0, 0.05) is 24.2 Å². The lowest BCUT2D eigenvalue weighted by Crippen LogP contribution is -1.74. The summed E-state index contributed by atoms with van der Waals surface area (Å²) in [5, 5.41) is 2.19. The molecule has 1 heterocycles. The fourth-order valence-corrected chi connectivity index (χ4v) is 3.07. The third kappa shape index (κ3) is 1.71. The van der Waals surface area contributed by atoms with Crippen LogP contribution in [0.15, 0.2) is 22.7 Å². The van der Waals surface area contributed by atoms with E-state index in [2.05, 4.69) is 56.7 Å². The molecule has 1 aromatic heterocycles. The lowest BCUT2D eigenvalue weighted by molar-refractivity contribution is 0.427. The molecule has 13 heavy (non-hydrogen) atoms. The Kier molecular flexibility index (Phi) is 2.80. The number of hydrogen-bond acceptors (Lipinski definition) is 2. The van der Waals surface area contributed by atoms with Crippen LogP contribution in [0.5, 0.6) is 5.06 Å². The van der Waals surface area contributed by atoms with Crippen LogP contribution >= 0.6 is 49.9 Å². The van der Waals surface area contributed by atoms with Gasteiger partial charge < -0.3 is 4.74 Å². The first-order valence-electron chi connectivity index (χ1n) is 3.64. The number of thiophene rings is 1. The average Bonchev–Trinajstić information content (AvgIpc) is 2.55. The van der Waals surface area contributed by atoms with E-state index < -0.39 is 0 Å². The molecule has 0 saturated carbocycles. The zero-order valence-electron chi connectivity index (χ0n) is 6.80. The standard InChI is InChI=1S/C9H6BrIOS/c1-12-8-4-5-7(13-8)3-2-6(11)9(5)10/h2-4H,1H3. The van der Waals surface area contributed by atoms with Gasteiger partial charge in [-0.3, -0.25) is 0 Å². The Hall–Kier alpha value is 0.190. The summed E-state index contributed by atoms with van der Waals surface area (Å²) in [6.45, 7) is 0. The quantitative estimate of drug-likeness (QED) is 0.683. The maximum atomic E-state index is 5.19. The Bertz CT molecular complexity index is 452. The van der Waals surface area contributed by atoms with Crippen molar-refractivity contribution in [2.24, 2.45) is 0 Å². The second kappa shape index (κ2) is 3.74. The van der Waals surface area contributed by atoms with E-state index in [0.29, 0.717) is 0 Å². The Morgan fingerprint density at radius 2 is 2.23 bits per heavy atom. The van der Waals surface area contributed by atoms with E-state index in [1.165, 1.54) is 13.7 Å². The number of ether oxygens (including phenoxy) is 1. The smallest absolute Gasteiger partial charge is 0.174 e. The van der Waals surface area contributed by atoms with Crippen molar-refractivity contribution in [3.05, 3.63) is 26.2 Å². The number of halogens is 2. The van der Waals surface area contributed by atoms with Gasteiger partial charge in [0.15, 0.2) is 5.06 Å². The van der Waals surface area contributed by atoms with E-state index in [9.17, 15) is 0 Å². The Balaban J connectivity index is 2.76. The monoisotopic (exact) mass is 368 g/mol. The first kappa shape index (κ1) is 9.73. The molecule has 0 bridgehead atoms. The van der Waals surface area contributed by atoms with Crippen LogP contribution in [0.2, 0.25) is 0 Å². The molecule has 68 valence electrons. The van der Waals surface area contributed by atoms with Crippen LogP contribution in [0.1, 0.15) is 0 Å². The summed E-state index contributed by atoms with van der Waals surface area (Å²) in [5.41, 5.74) is 0. The second-order valence-electron chi connectivity index (χ2n) is 2.54. The number of fused-ring (bicyclic) bond motifs is 1. The highest BCUT2D eigenvalue weighted by Gasteiger charge is 2.07. The van der Waals surface area contributed by atoms with Crippen LogP contribution in [0.4, 0.5) is 0 Å². The molecule has 0 spiro atoms. The van der Waals surface area contributed by atoms with Crippen LogP contribution in [0, 0.1) is 3.57 Å². The molecule has 0 radical (unpaired) electrons. The molecule has 0 atom stereocenters. The Labute approximate surface area is 102 Å². The van der Waals surface area contributed by atoms with E-state index in [1.54, 1.807) is 18.4 Å². The van der Waals surface area contributed by atoms with Crippen molar-refractivity contribution in [2.45, 2.75) is 0 Å². The summed E-state index contributed by atoms with van der Waals surface area (Å²) >= 11 is 7.54. The molecule has 0 aliphatic heterocycles. The lowest BCUT2D eigenvalue weighted by Gasteiger charge is -1.95. The third-order valence-corrected chi connectivity index (χ3v) is 5.32. The number of benzene rings is 1. The van der Waals surface area contributed by atoms with Crippen molar-refractivity contribution in [1.29, 1.82) is 0 Å². The average molecular weight is 369 g/mol.